The molecule has 3 aromatic rings. The number of nitrogens with one attached hydrogen (secondary N) is 1. The normalized spacial score (nSPS) is 15.1. The number of carbonyl (C=O) groups is 1. The minimum atomic E-state index is -0.110. The Morgan fingerprint density at radius 3 is 2.79 bits per heavy atom. The molecule has 8 heteroatoms. The van der Waals surface area contributed by atoms with E-state index in [4.69, 9.17) is 0 Å². The van der Waals surface area contributed by atoms with Gasteiger partial charge in [-0.3, -0.25) is 14.4 Å². The van der Waals surface area contributed by atoms with Crippen LogP contribution < -0.4 is 11.1 Å². The molecule has 1 aliphatic rings. The third-order valence-electron chi connectivity index (χ3n) is 5.54. The SMILES string of the molecule is Cc1ccc(=O)n(C2CCN(C(=O)CCCc3cn4cccc4c(=O)[nH]3)CC2)n1. The van der Waals surface area contributed by atoms with Gasteiger partial charge in [0, 0.05) is 43.7 Å². The van der Waals surface area contributed by atoms with Crippen molar-refractivity contribution >= 4 is 11.4 Å². The van der Waals surface area contributed by atoms with Crippen molar-refractivity contribution in [1.29, 1.82) is 0 Å². The van der Waals surface area contributed by atoms with E-state index in [0.29, 0.717) is 37.9 Å². The molecule has 0 unspecified atom stereocenters. The van der Waals surface area contributed by atoms with Crippen molar-refractivity contribution in [3.8, 4) is 0 Å². The highest BCUT2D eigenvalue weighted by Crippen LogP contribution is 2.21. The number of aryl methyl sites for hydroxylation is 2. The molecule has 0 radical (unpaired) electrons. The highest BCUT2D eigenvalue weighted by Gasteiger charge is 2.24. The van der Waals surface area contributed by atoms with Crippen molar-refractivity contribution in [2.45, 2.75) is 45.1 Å². The van der Waals surface area contributed by atoms with Crippen LogP contribution in [0.25, 0.3) is 5.52 Å². The van der Waals surface area contributed by atoms with Crippen molar-refractivity contribution in [3.63, 3.8) is 0 Å². The minimum absolute atomic E-state index is 0.0461. The maximum Gasteiger partial charge on any atom is 0.272 e. The summed E-state index contributed by atoms with van der Waals surface area (Å²) in [6, 6.07) is 6.93. The molecule has 29 heavy (non-hydrogen) atoms. The van der Waals surface area contributed by atoms with E-state index in [9.17, 15) is 14.4 Å². The van der Waals surface area contributed by atoms with Crippen LogP contribution in [0.1, 0.15) is 43.1 Å². The number of amides is 1. The number of rotatable bonds is 5. The van der Waals surface area contributed by atoms with Gasteiger partial charge in [-0.25, -0.2) is 4.68 Å². The van der Waals surface area contributed by atoms with Gasteiger partial charge in [0.2, 0.25) is 5.91 Å². The average molecular weight is 395 g/mol. The number of carbonyl (C=O) groups excluding carboxylic acids is 1. The summed E-state index contributed by atoms with van der Waals surface area (Å²) in [4.78, 5) is 41.4. The van der Waals surface area contributed by atoms with Gasteiger partial charge < -0.3 is 14.3 Å². The number of hydrogen-bond donors (Lipinski definition) is 1. The summed E-state index contributed by atoms with van der Waals surface area (Å²) >= 11 is 0. The second-order valence-corrected chi connectivity index (χ2v) is 7.63. The zero-order chi connectivity index (χ0) is 20.4. The Morgan fingerprint density at radius 1 is 1.21 bits per heavy atom. The molecular weight excluding hydrogens is 370 g/mol. The second-order valence-electron chi connectivity index (χ2n) is 7.63. The molecule has 1 aliphatic heterocycles. The van der Waals surface area contributed by atoms with Gasteiger partial charge in [0.05, 0.1) is 11.7 Å². The number of fused-ring (bicyclic) bond motifs is 1. The van der Waals surface area contributed by atoms with Gasteiger partial charge in [0.15, 0.2) is 0 Å². The van der Waals surface area contributed by atoms with Crippen LogP contribution >= 0.6 is 0 Å². The van der Waals surface area contributed by atoms with Crippen LogP contribution in [-0.4, -0.2) is 43.1 Å². The van der Waals surface area contributed by atoms with Crippen LogP contribution in [0.2, 0.25) is 0 Å². The molecule has 0 saturated carbocycles. The predicted molar refractivity (Wildman–Crippen MR) is 109 cm³/mol. The highest BCUT2D eigenvalue weighted by atomic mass is 16.2. The molecule has 1 saturated heterocycles. The molecular formula is C21H25N5O3. The van der Waals surface area contributed by atoms with Crippen molar-refractivity contribution in [3.05, 3.63) is 68.8 Å². The van der Waals surface area contributed by atoms with Gasteiger partial charge >= 0.3 is 0 Å². The van der Waals surface area contributed by atoms with Crippen molar-refractivity contribution < 1.29 is 4.79 Å². The molecule has 4 rings (SSSR count). The van der Waals surface area contributed by atoms with Crippen LogP contribution in [0.5, 0.6) is 0 Å². The van der Waals surface area contributed by atoms with E-state index >= 15 is 0 Å². The molecule has 1 amide bonds. The monoisotopic (exact) mass is 395 g/mol. The van der Waals surface area contributed by atoms with E-state index in [1.807, 2.05) is 34.7 Å². The quantitative estimate of drug-likeness (QED) is 0.711. The molecule has 4 heterocycles. The van der Waals surface area contributed by atoms with Crippen molar-refractivity contribution in [2.75, 3.05) is 13.1 Å². The van der Waals surface area contributed by atoms with E-state index in [0.717, 1.165) is 24.2 Å². The molecule has 0 spiro atoms. The largest absolute Gasteiger partial charge is 0.343 e. The van der Waals surface area contributed by atoms with E-state index < -0.39 is 0 Å². The number of nitrogens with zero attached hydrogens (tertiary/aromatic N) is 4. The number of aromatic nitrogens is 4. The first-order chi connectivity index (χ1) is 14.0. The fourth-order valence-corrected chi connectivity index (χ4v) is 3.97. The number of hydrogen-bond acceptors (Lipinski definition) is 4. The summed E-state index contributed by atoms with van der Waals surface area (Å²) in [6.45, 7) is 3.14. The van der Waals surface area contributed by atoms with Crippen LogP contribution in [0.3, 0.4) is 0 Å². The first-order valence-electron chi connectivity index (χ1n) is 10.0. The number of aromatic amines is 1. The fourth-order valence-electron chi connectivity index (χ4n) is 3.97. The standard InChI is InChI=1S/C21H25N5O3/c1-15-7-8-20(28)26(23-15)17-9-12-24(13-10-17)19(27)6-2-4-16-14-25-11-3-5-18(25)21(29)22-16/h3,5,7-8,11,14,17H,2,4,6,9-10,12-13H2,1H3,(H,22,29). The lowest BCUT2D eigenvalue weighted by Gasteiger charge is -2.32. The summed E-state index contributed by atoms with van der Waals surface area (Å²) < 4.78 is 3.37. The molecule has 152 valence electrons. The molecule has 8 nitrogen and oxygen atoms in total. The number of H-pyrrole nitrogens is 1. The Balaban J connectivity index is 1.29. The number of piperidine rings is 1. The predicted octanol–water partition coefficient (Wildman–Crippen LogP) is 1.68. The van der Waals surface area contributed by atoms with Crippen molar-refractivity contribution in [2.24, 2.45) is 0 Å². The van der Waals surface area contributed by atoms with Gasteiger partial charge in [-0.2, -0.15) is 5.10 Å². The average Bonchev–Trinajstić information content (AvgIpc) is 3.19. The van der Waals surface area contributed by atoms with Crippen LogP contribution in [0, 0.1) is 6.92 Å². The third kappa shape index (κ3) is 4.16. The molecule has 0 aliphatic carbocycles. The topological polar surface area (TPSA) is 92.5 Å². The van der Waals surface area contributed by atoms with Gasteiger partial charge in [-0.1, -0.05) is 0 Å². The lowest BCUT2D eigenvalue weighted by Crippen LogP contribution is -2.41. The second kappa shape index (κ2) is 8.06. The molecule has 0 aromatic carbocycles. The fraction of sp³-hybridized carbons (Fsp3) is 0.429. The van der Waals surface area contributed by atoms with Crippen LogP contribution in [-0.2, 0) is 11.2 Å². The minimum Gasteiger partial charge on any atom is -0.343 e. The summed E-state index contributed by atoms with van der Waals surface area (Å²) in [5.74, 6) is 0.123. The summed E-state index contributed by atoms with van der Waals surface area (Å²) in [5.41, 5.74) is 2.07. The molecule has 0 bridgehead atoms. The lowest BCUT2D eigenvalue weighted by atomic mass is 10.0. The Morgan fingerprint density at radius 2 is 2.00 bits per heavy atom. The highest BCUT2D eigenvalue weighted by molar-refractivity contribution is 5.76. The Labute approximate surface area is 167 Å². The zero-order valence-corrected chi connectivity index (χ0v) is 16.5. The summed E-state index contributed by atoms with van der Waals surface area (Å²) in [5, 5.41) is 4.34. The Hall–Kier alpha value is -3.16. The number of likely N-dealkylation sites (tertiary alicyclic amines) is 1. The maximum atomic E-state index is 12.6. The van der Waals surface area contributed by atoms with E-state index in [2.05, 4.69) is 10.1 Å². The van der Waals surface area contributed by atoms with Crippen molar-refractivity contribution in [1.82, 2.24) is 24.1 Å². The van der Waals surface area contributed by atoms with Crippen LogP contribution in [0.15, 0.2) is 46.2 Å². The maximum absolute atomic E-state index is 12.6. The first-order valence-corrected chi connectivity index (χ1v) is 10.0. The smallest absolute Gasteiger partial charge is 0.272 e. The summed E-state index contributed by atoms with van der Waals surface area (Å²) in [6.07, 6.45) is 6.99. The lowest BCUT2D eigenvalue weighted by molar-refractivity contribution is -0.132. The van der Waals surface area contributed by atoms with Gasteiger partial charge in [-0.15, -0.1) is 0 Å². The van der Waals surface area contributed by atoms with E-state index in [1.165, 1.54) is 0 Å². The van der Waals surface area contributed by atoms with Gasteiger partial charge in [0.1, 0.15) is 5.52 Å². The van der Waals surface area contributed by atoms with Gasteiger partial charge in [-0.05, 0) is 50.8 Å². The first kappa shape index (κ1) is 19.2. The summed E-state index contributed by atoms with van der Waals surface area (Å²) in [7, 11) is 0. The molecule has 1 N–H and O–H groups in total. The molecule has 1 fully saturated rings. The third-order valence-corrected chi connectivity index (χ3v) is 5.54. The Kier molecular flexibility index (Phi) is 5.33. The van der Waals surface area contributed by atoms with Crippen LogP contribution in [0.4, 0.5) is 0 Å². The van der Waals surface area contributed by atoms with Gasteiger partial charge in [0.25, 0.3) is 11.1 Å². The molecule has 0 atom stereocenters. The molecule has 3 aromatic heterocycles. The zero-order valence-electron chi connectivity index (χ0n) is 16.5. The van der Waals surface area contributed by atoms with E-state index in [1.54, 1.807) is 22.9 Å². The Bertz CT molecular complexity index is 1130. The van der Waals surface area contributed by atoms with E-state index in [-0.39, 0.29) is 23.1 Å².